The second-order valence-corrected chi connectivity index (χ2v) is 6.71. The molecule has 1 aliphatic heterocycles. The van der Waals surface area contributed by atoms with E-state index in [0.29, 0.717) is 32.0 Å². The molecule has 0 radical (unpaired) electrons. The van der Waals surface area contributed by atoms with Crippen molar-refractivity contribution in [3.63, 3.8) is 0 Å². The summed E-state index contributed by atoms with van der Waals surface area (Å²) in [5.41, 5.74) is 4.48. The van der Waals surface area contributed by atoms with Gasteiger partial charge in [0.2, 0.25) is 0 Å². The highest BCUT2D eigenvalue weighted by molar-refractivity contribution is 5.91. The van der Waals surface area contributed by atoms with Crippen LogP contribution in [0.25, 0.3) is 0 Å². The molecule has 2 heterocycles. The minimum Gasteiger partial charge on any atom is -0.491 e. The molecule has 138 valence electrons. The third-order valence-electron chi connectivity index (χ3n) is 4.67. The molecule has 3 aromatic rings. The lowest BCUT2D eigenvalue weighted by Crippen LogP contribution is -2.32. The standard InChI is InChI=1S/C22H22N2O3/c1-16-4-7-19(8-5-16)23-14-17-6-9-20-18(13-17)15-24(10-12-27-20)22(25)21-3-2-11-26-21/h2-9,11,13,23H,10,12,14-15H2,1H3. The summed E-state index contributed by atoms with van der Waals surface area (Å²) in [5, 5.41) is 3.43. The lowest BCUT2D eigenvalue weighted by atomic mass is 10.1. The molecule has 0 saturated carbocycles. The average Bonchev–Trinajstić information content (AvgIpc) is 3.14. The van der Waals surface area contributed by atoms with Crippen LogP contribution in [0.3, 0.4) is 0 Å². The van der Waals surface area contributed by atoms with Crippen molar-refractivity contribution in [1.82, 2.24) is 4.90 Å². The monoisotopic (exact) mass is 362 g/mol. The van der Waals surface area contributed by atoms with Crippen LogP contribution < -0.4 is 10.1 Å². The van der Waals surface area contributed by atoms with Crippen LogP contribution in [0.5, 0.6) is 5.75 Å². The predicted molar refractivity (Wildman–Crippen MR) is 104 cm³/mol. The topological polar surface area (TPSA) is 54.7 Å². The zero-order valence-electron chi connectivity index (χ0n) is 15.3. The summed E-state index contributed by atoms with van der Waals surface area (Å²) in [5.74, 6) is 1.08. The van der Waals surface area contributed by atoms with Crippen molar-refractivity contribution in [1.29, 1.82) is 0 Å². The summed E-state index contributed by atoms with van der Waals surface area (Å²) in [6.45, 7) is 4.30. The molecule has 0 unspecified atom stereocenters. The van der Waals surface area contributed by atoms with Crippen LogP contribution in [0.15, 0.2) is 65.3 Å². The number of carbonyl (C=O) groups is 1. The van der Waals surface area contributed by atoms with Crippen molar-refractivity contribution in [3.05, 3.63) is 83.3 Å². The number of anilines is 1. The fourth-order valence-corrected chi connectivity index (χ4v) is 3.16. The van der Waals surface area contributed by atoms with Crippen LogP contribution in [-0.4, -0.2) is 24.0 Å². The van der Waals surface area contributed by atoms with Gasteiger partial charge in [-0.05, 0) is 48.9 Å². The smallest absolute Gasteiger partial charge is 0.289 e. The van der Waals surface area contributed by atoms with E-state index < -0.39 is 0 Å². The number of fused-ring (bicyclic) bond motifs is 1. The third kappa shape index (κ3) is 3.97. The molecule has 1 aliphatic rings. The van der Waals surface area contributed by atoms with Gasteiger partial charge in [0.1, 0.15) is 12.4 Å². The van der Waals surface area contributed by atoms with Crippen LogP contribution in [-0.2, 0) is 13.1 Å². The zero-order valence-corrected chi connectivity index (χ0v) is 15.3. The summed E-state index contributed by atoms with van der Waals surface area (Å²) < 4.78 is 11.1. The number of carbonyl (C=O) groups excluding carboxylic acids is 1. The van der Waals surface area contributed by atoms with Gasteiger partial charge in [0.15, 0.2) is 5.76 Å². The lowest BCUT2D eigenvalue weighted by Gasteiger charge is -2.18. The molecule has 1 N–H and O–H groups in total. The summed E-state index contributed by atoms with van der Waals surface area (Å²) in [7, 11) is 0. The highest BCUT2D eigenvalue weighted by Crippen LogP contribution is 2.26. The molecule has 4 rings (SSSR count). The van der Waals surface area contributed by atoms with Crippen molar-refractivity contribution in [2.24, 2.45) is 0 Å². The summed E-state index contributed by atoms with van der Waals surface area (Å²) in [4.78, 5) is 14.4. The number of hydrogen-bond acceptors (Lipinski definition) is 4. The molecule has 1 amide bonds. The van der Waals surface area contributed by atoms with Crippen molar-refractivity contribution >= 4 is 11.6 Å². The van der Waals surface area contributed by atoms with Crippen molar-refractivity contribution < 1.29 is 13.9 Å². The number of ether oxygens (including phenoxy) is 1. The van der Waals surface area contributed by atoms with Crippen molar-refractivity contribution in [3.8, 4) is 5.75 Å². The van der Waals surface area contributed by atoms with Gasteiger partial charge in [0, 0.05) is 24.3 Å². The molecule has 0 atom stereocenters. The highest BCUT2D eigenvalue weighted by atomic mass is 16.5. The minimum absolute atomic E-state index is 0.111. The Morgan fingerprint density at radius 3 is 2.78 bits per heavy atom. The van der Waals surface area contributed by atoms with Crippen LogP contribution in [0, 0.1) is 6.92 Å². The first-order valence-corrected chi connectivity index (χ1v) is 9.07. The summed E-state index contributed by atoms with van der Waals surface area (Å²) in [6, 6.07) is 17.9. The van der Waals surface area contributed by atoms with Crippen molar-refractivity contribution in [2.75, 3.05) is 18.5 Å². The quantitative estimate of drug-likeness (QED) is 0.754. The average molecular weight is 362 g/mol. The van der Waals surface area contributed by atoms with E-state index in [4.69, 9.17) is 9.15 Å². The molecule has 0 bridgehead atoms. The molecule has 0 fully saturated rings. The fraction of sp³-hybridized carbons (Fsp3) is 0.227. The molecule has 2 aromatic carbocycles. The Bertz CT molecular complexity index is 917. The number of furan rings is 1. The molecular weight excluding hydrogens is 340 g/mol. The summed E-state index contributed by atoms with van der Waals surface area (Å²) >= 11 is 0. The number of rotatable bonds is 4. The zero-order chi connectivity index (χ0) is 18.6. The van der Waals surface area contributed by atoms with Gasteiger partial charge < -0.3 is 19.4 Å². The van der Waals surface area contributed by atoms with E-state index in [1.165, 1.54) is 11.8 Å². The number of nitrogens with zero attached hydrogens (tertiary/aromatic N) is 1. The molecule has 0 aliphatic carbocycles. The highest BCUT2D eigenvalue weighted by Gasteiger charge is 2.22. The van der Waals surface area contributed by atoms with Gasteiger partial charge in [-0.1, -0.05) is 23.8 Å². The minimum atomic E-state index is -0.111. The van der Waals surface area contributed by atoms with E-state index in [1.54, 1.807) is 17.0 Å². The Morgan fingerprint density at radius 1 is 1.15 bits per heavy atom. The number of benzene rings is 2. The maximum atomic E-state index is 12.6. The Balaban J connectivity index is 1.48. The van der Waals surface area contributed by atoms with Crippen LogP contribution in [0.1, 0.15) is 27.2 Å². The van der Waals surface area contributed by atoms with Crippen LogP contribution >= 0.6 is 0 Å². The molecule has 0 saturated heterocycles. The Kier molecular flexibility index (Phi) is 4.83. The van der Waals surface area contributed by atoms with Gasteiger partial charge in [-0.25, -0.2) is 0 Å². The van der Waals surface area contributed by atoms with Gasteiger partial charge in [-0.15, -0.1) is 0 Å². The fourth-order valence-electron chi connectivity index (χ4n) is 3.16. The van der Waals surface area contributed by atoms with Gasteiger partial charge in [-0.3, -0.25) is 4.79 Å². The van der Waals surface area contributed by atoms with Gasteiger partial charge in [-0.2, -0.15) is 0 Å². The van der Waals surface area contributed by atoms with Crippen LogP contribution in [0.4, 0.5) is 5.69 Å². The maximum Gasteiger partial charge on any atom is 0.289 e. The lowest BCUT2D eigenvalue weighted by molar-refractivity contribution is 0.0701. The second kappa shape index (κ2) is 7.58. The van der Waals surface area contributed by atoms with E-state index in [0.717, 1.165) is 22.6 Å². The SMILES string of the molecule is Cc1ccc(NCc2ccc3c(c2)CN(C(=O)c2ccco2)CCO3)cc1. The second-order valence-electron chi connectivity index (χ2n) is 6.71. The van der Waals surface area contributed by atoms with Crippen molar-refractivity contribution in [2.45, 2.75) is 20.0 Å². The van der Waals surface area contributed by atoms with E-state index in [1.807, 2.05) is 6.07 Å². The molecule has 0 spiro atoms. The first-order chi connectivity index (χ1) is 13.2. The molecule has 1 aromatic heterocycles. The Hall–Kier alpha value is -3.21. The van der Waals surface area contributed by atoms with E-state index in [9.17, 15) is 4.79 Å². The van der Waals surface area contributed by atoms with E-state index in [-0.39, 0.29) is 5.91 Å². The normalized spacial score (nSPS) is 13.4. The molecule has 27 heavy (non-hydrogen) atoms. The summed E-state index contributed by atoms with van der Waals surface area (Å²) in [6.07, 6.45) is 1.52. The van der Waals surface area contributed by atoms with Gasteiger partial charge >= 0.3 is 0 Å². The Labute approximate surface area is 158 Å². The number of nitrogens with one attached hydrogen (secondary N) is 1. The van der Waals surface area contributed by atoms with Crippen LogP contribution in [0.2, 0.25) is 0 Å². The van der Waals surface area contributed by atoms with E-state index in [2.05, 4.69) is 48.6 Å². The number of amides is 1. The largest absolute Gasteiger partial charge is 0.491 e. The molecule has 5 heteroatoms. The van der Waals surface area contributed by atoms with Gasteiger partial charge in [0.25, 0.3) is 5.91 Å². The molecular formula is C22H22N2O3. The van der Waals surface area contributed by atoms with E-state index >= 15 is 0 Å². The number of hydrogen-bond donors (Lipinski definition) is 1. The maximum absolute atomic E-state index is 12.6. The molecule has 5 nitrogen and oxygen atoms in total. The predicted octanol–water partition coefficient (Wildman–Crippen LogP) is 4.23. The first kappa shape index (κ1) is 17.2. The number of aryl methyl sites for hydroxylation is 1. The van der Waals surface area contributed by atoms with Gasteiger partial charge in [0.05, 0.1) is 12.8 Å². The Morgan fingerprint density at radius 2 is 2.00 bits per heavy atom. The first-order valence-electron chi connectivity index (χ1n) is 9.07. The third-order valence-corrected chi connectivity index (χ3v) is 4.67.